The van der Waals surface area contributed by atoms with E-state index in [-0.39, 0.29) is 24.0 Å². The number of likely N-dealkylation sites (tertiary alicyclic amines) is 1. The van der Waals surface area contributed by atoms with Crippen LogP contribution in [-0.2, 0) is 27.1 Å². The first-order valence-corrected chi connectivity index (χ1v) is 12.8. The van der Waals surface area contributed by atoms with Gasteiger partial charge in [0.2, 0.25) is 5.91 Å². The van der Waals surface area contributed by atoms with Crippen molar-refractivity contribution in [3.8, 4) is 6.07 Å². The third-order valence-corrected chi connectivity index (χ3v) is 8.08. The van der Waals surface area contributed by atoms with Crippen LogP contribution >= 0.6 is 22.7 Å². The topological polar surface area (TPSA) is 91.7 Å². The number of hydrogen-bond acceptors (Lipinski definition) is 7. The van der Waals surface area contributed by atoms with E-state index in [0.717, 1.165) is 47.4 Å². The molecule has 0 aromatic carbocycles. The highest BCUT2D eigenvalue weighted by Crippen LogP contribution is 2.39. The van der Waals surface area contributed by atoms with Crippen molar-refractivity contribution < 1.29 is 19.1 Å². The molecule has 2 atom stereocenters. The van der Waals surface area contributed by atoms with E-state index in [1.165, 1.54) is 17.4 Å². The number of anilines is 1. The Morgan fingerprint density at radius 1 is 1.36 bits per heavy atom. The van der Waals surface area contributed by atoms with Crippen LogP contribution in [0.5, 0.6) is 0 Å². The molecule has 0 spiro atoms. The molecule has 1 aliphatic heterocycles. The largest absolute Gasteiger partial charge is 0.449 e. The molecule has 2 amide bonds. The van der Waals surface area contributed by atoms with Gasteiger partial charge in [0, 0.05) is 29.5 Å². The fourth-order valence-corrected chi connectivity index (χ4v) is 6.35. The summed E-state index contributed by atoms with van der Waals surface area (Å²) >= 11 is 3.01. The Morgan fingerprint density at radius 2 is 2.24 bits per heavy atom. The molecule has 4 rings (SSSR count). The Hall–Kier alpha value is -2.67. The second-order valence-electron chi connectivity index (χ2n) is 8.29. The smallest absolute Gasteiger partial charge is 0.410 e. The van der Waals surface area contributed by atoms with Gasteiger partial charge in [0.05, 0.1) is 24.8 Å². The standard InChI is InChI=1S/C24H27N3O4S2/c1-30-15-17-4-2-10-27(17)24(29)31-14-16-6-8-19-20(13-25)23(33-21(19)12-16)26-22(28)9-7-18-5-3-11-32-18/h3,5,7,9,11,16-17H,2,4,6,8,10,12,14-15H2,1H3,(H,26,28). The van der Waals surface area contributed by atoms with E-state index in [2.05, 4.69) is 11.4 Å². The fourth-order valence-electron chi connectivity index (χ4n) is 4.41. The third kappa shape index (κ3) is 5.64. The zero-order valence-corrected chi connectivity index (χ0v) is 20.2. The van der Waals surface area contributed by atoms with E-state index < -0.39 is 0 Å². The number of amides is 2. The average molecular weight is 486 g/mol. The number of carbonyl (C=O) groups excluding carboxylic acids is 2. The summed E-state index contributed by atoms with van der Waals surface area (Å²) in [4.78, 5) is 28.8. The molecule has 0 saturated carbocycles. The summed E-state index contributed by atoms with van der Waals surface area (Å²) < 4.78 is 10.9. The molecular weight excluding hydrogens is 458 g/mol. The van der Waals surface area contributed by atoms with Gasteiger partial charge in [0.1, 0.15) is 11.1 Å². The van der Waals surface area contributed by atoms with Gasteiger partial charge in [0.25, 0.3) is 0 Å². The summed E-state index contributed by atoms with van der Waals surface area (Å²) in [6.07, 6.45) is 7.23. The second-order valence-corrected chi connectivity index (χ2v) is 10.4. The Bertz CT molecular complexity index is 1050. The predicted molar refractivity (Wildman–Crippen MR) is 129 cm³/mol. The summed E-state index contributed by atoms with van der Waals surface area (Å²) in [6.45, 7) is 1.60. The zero-order valence-electron chi connectivity index (χ0n) is 18.5. The lowest BCUT2D eigenvalue weighted by Crippen LogP contribution is -2.39. The molecule has 1 aliphatic carbocycles. The van der Waals surface area contributed by atoms with E-state index in [4.69, 9.17) is 9.47 Å². The van der Waals surface area contributed by atoms with Gasteiger partial charge in [-0.15, -0.1) is 22.7 Å². The van der Waals surface area contributed by atoms with Crippen molar-refractivity contribution >= 4 is 45.8 Å². The van der Waals surface area contributed by atoms with E-state index >= 15 is 0 Å². The van der Waals surface area contributed by atoms with Crippen molar-refractivity contribution in [2.75, 3.05) is 32.2 Å². The third-order valence-electron chi connectivity index (χ3n) is 6.07. The maximum absolute atomic E-state index is 12.5. The van der Waals surface area contributed by atoms with Gasteiger partial charge in [-0.25, -0.2) is 4.79 Å². The van der Waals surface area contributed by atoms with Crippen LogP contribution in [0.1, 0.15) is 40.1 Å². The van der Waals surface area contributed by atoms with Gasteiger partial charge < -0.3 is 19.7 Å². The van der Waals surface area contributed by atoms with Crippen molar-refractivity contribution in [2.45, 2.75) is 38.1 Å². The van der Waals surface area contributed by atoms with Gasteiger partial charge >= 0.3 is 6.09 Å². The lowest BCUT2D eigenvalue weighted by Gasteiger charge is -2.26. The van der Waals surface area contributed by atoms with Crippen molar-refractivity contribution in [3.63, 3.8) is 0 Å². The summed E-state index contributed by atoms with van der Waals surface area (Å²) in [5.41, 5.74) is 1.57. The average Bonchev–Trinajstić information content (AvgIpc) is 3.56. The minimum atomic E-state index is -0.269. The molecule has 3 heterocycles. The monoisotopic (exact) mass is 485 g/mol. The van der Waals surface area contributed by atoms with E-state index in [1.807, 2.05) is 17.5 Å². The van der Waals surface area contributed by atoms with Gasteiger partial charge in [-0.3, -0.25) is 4.79 Å². The zero-order chi connectivity index (χ0) is 23.2. The molecule has 2 aromatic rings. The molecule has 33 heavy (non-hydrogen) atoms. The quantitative estimate of drug-likeness (QED) is 0.575. The lowest BCUT2D eigenvalue weighted by atomic mass is 9.88. The Labute approximate surface area is 201 Å². The number of nitriles is 1. The molecular formula is C24H27N3O4S2. The van der Waals surface area contributed by atoms with Crippen LogP contribution < -0.4 is 5.32 Å². The first-order chi connectivity index (χ1) is 16.1. The van der Waals surface area contributed by atoms with Crippen molar-refractivity contribution in [2.24, 2.45) is 5.92 Å². The highest BCUT2D eigenvalue weighted by Gasteiger charge is 2.31. The van der Waals surface area contributed by atoms with Crippen LogP contribution in [0.2, 0.25) is 0 Å². The van der Waals surface area contributed by atoms with Crippen LogP contribution in [0.3, 0.4) is 0 Å². The van der Waals surface area contributed by atoms with Gasteiger partial charge in [-0.1, -0.05) is 6.07 Å². The Kier molecular flexibility index (Phi) is 7.81. The van der Waals surface area contributed by atoms with E-state index in [1.54, 1.807) is 29.4 Å². The molecule has 0 bridgehead atoms. The van der Waals surface area contributed by atoms with Crippen molar-refractivity contribution in [1.29, 1.82) is 5.26 Å². The number of ether oxygens (including phenoxy) is 2. The number of methoxy groups -OCH3 is 1. The minimum absolute atomic E-state index is 0.0935. The van der Waals surface area contributed by atoms with Crippen LogP contribution in [0, 0.1) is 17.2 Å². The maximum Gasteiger partial charge on any atom is 0.410 e. The summed E-state index contributed by atoms with van der Waals surface area (Å²) in [5, 5.41) is 15.1. The van der Waals surface area contributed by atoms with Crippen molar-refractivity contribution in [3.05, 3.63) is 44.5 Å². The first-order valence-electron chi connectivity index (χ1n) is 11.1. The first kappa shape index (κ1) is 23.5. The Morgan fingerprint density at radius 3 is 3.00 bits per heavy atom. The SMILES string of the molecule is COCC1CCCN1C(=O)OCC1CCc2c(sc(NC(=O)C=Cc3cccs3)c2C#N)C1. The number of nitrogens with zero attached hydrogens (tertiary/aromatic N) is 2. The maximum atomic E-state index is 12.5. The summed E-state index contributed by atoms with van der Waals surface area (Å²) in [5.74, 6) is -0.0439. The van der Waals surface area contributed by atoms with Crippen LogP contribution in [0.25, 0.3) is 6.08 Å². The molecule has 1 fully saturated rings. The molecule has 0 radical (unpaired) electrons. The molecule has 9 heteroatoms. The number of carbonyl (C=O) groups is 2. The van der Waals surface area contributed by atoms with E-state index in [9.17, 15) is 14.9 Å². The molecule has 2 aromatic heterocycles. The van der Waals surface area contributed by atoms with Gasteiger partial charge in [-0.2, -0.15) is 5.26 Å². The number of fused-ring (bicyclic) bond motifs is 1. The van der Waals surface area contributed by atoms with Gasteiger partial charge in [-0.05, 0) is 61.1 Å². The van der Waals surface area contributed by atoms with E-state index in [0.29, 0.717) is 30.3 Å². The van der Waals surface area contributed by atoms with Gasteiger partial charge in [0.15, 0.2) is 0 Å². The molecule has 174 valence electrons. The lowest BCUT2D eigenvalue weighted by molar-refractivity contribution is -0.111. The number of nitrogens with one attached hydrogen (secondary N) is 1. The molecule has 1 saturated heterocycles. The second kappa shape index (κ2) is 11.0. The molecule has 2 unspecified atom stereocenters. The molecule has 7 nitrogen and oxygen atoms in total. The van der Waals surface area contributed by atoms with Crippen molar-refractivity contribution in [1.82, 2.24) is 4.90 Å². The Balaban J connectivity index is 1.35. The van der Waals surface area contributed by atoms with Crippen LogP contribution in [0.4, 0.5) is 9.80 Å². The minimum Gasteiger partial charge on any atom is -0.449 e. The summed E-state index contributed by atoms with van der Waals surface area (Å²) in [7, 11) is 1.65. The fraction of sp³-hybridized carbons (Fsp3) is 0.458. The number of thiophene rings is 2. The highest BCUT2D eigenvalue weighted by molar-refractivity contribution is 7.16. The van der Waals surface area contributed by atoms with Crippen LogP contribution in [0.15, 0.2) is 23.6 Å². The molecule has 2 aliphatic rings. The number of rotatable bonds is 7. The normalized spacial score (nSPS) is 19.9. The van der Waals surface area contributed by atoms with Crippen LogP contribution in [-0.4, -0.2) is 49.8 Å². The highest BCUT2D eigenvalue weighted by atomic mass is 32.1. The predicted octanol–water partition coefficient (Wildman–Crippen LogP) is 4.69. The summed E-state index contributed by atoms with van der Waals surface area (Å²) in [6, 6.07) is 6.23. The number of hydrogen-bond donors (Lipinski definition) is 1. The molecule has 1 N–H and O–H groups in total.